The number of ether oxygens (including phenoxy) is 2. The Morgan fingerprint density at radius 1 is 1.30 bits per heavy atom. The van der Waals surface area contributed by atoms with Crippen molar-refractivity contribution in [2.24, 2.45) is 5.92 Å². The minimum Gasteiger partial charge on any atom is -0.497 e. The number of carbonyl (C=O) groups excluding carboxylic acids is 1. The predicted molar refractivity (Wildman–Crippen MR) is 107 cm³/mol. The molecule has 1 fully saturated rings. The topological polar surface area (TPSA) is 51.7 Å². The molecule has 1 aliphatic rings. The lowest BCUT2D eigenvalue weighted by Crippen LogP contribution is -2.29. The Kier molecular flexibility index (Phi) is 6.67. The highest BCUT2D eigenvalue weighted by Crippen LogP contribution is 2.32. The van der Waals surface area contributed by atoms with E-state index in [0.717, 1.165) is 35.2 Å². The number of benzene rings is 1. The fourth-order valence-corrected chi connectivity index (χ4v) is 3.85. The van der Waals surface area contributed by atoms with Gasteiger partial charge in [-0.2, -0.15) is 0 Å². The van der Waals surface area contributed by atoms with E-state index in [2.05, 4.69) is 11.9 Å². The van der Waals surface area contributed by atoms with Gasteiger partial charge in [-0.1, -0.05) is 32.6 Å². The normalized spacial score (nSPS) is 16.0. The molecular weight excluding hydrogens is 340 g/mol. The summed E-state index contributed by atoms with van der Waals surface area (Å²) in [4.78, 5) is 19.1. The Labute approximate surface area is 161 Å². The molecule has 1 aromatic heterocycles. The van der Waals surface area contributed by atoms with Crippen molar-refractivity contribution in [3.05, 3.63) is 36.0 Å². The monoisotopic (exact) mass is 370 g/mol. The molecule has 0 radical (unpaired) electrons. The van der Waals surface area contributed by atoms with Crippen LogP contribution < -0.4 is 4.74 Å². The van der Waals surface area contributed by atoms with Gasteiger partial charge in [-0.15, -0.1) is 0 Å². The summed E-state index contributed by atoms with van der Waals surface area (Å²) in [6, 6.07) is 7.72. The van der Waals surface area contributed by atoms with Gasteiger partial charge in [0.15, 0.2) is 6.23 Å². The summed E-state index contributed by atoms with van der Waals surface area (Å²) in [5.74, 6) is 1.33. The minimum atomic E-state index is -0.427. The predicted octanol–water partition coefficient (Wildman–Crippen LogP) is 4.71. The summed E-state index contributed by atoms with van der Waals surface area (Å²) in [7, 11) is 3.62. The van der Waals surface area contributed by atoms with Gasteiger partial charge < -0.3 is 9.47 Å². The highest BCUT2D eigenvalue weighted by molar-refractivity contribution is 5.84. The zero-order valence-corrected chi connectivity index (χ0v) is 16.6. The molecule has 1 atom stereocenters. The molecule has 1 aromatic carbocycles. The lowest BCUT2D eigenvalue weighted by Gasteiger charge is -2.28. The van der Waals surface area contributed by atoms with E-state index in [1.807, 2.05) is 36.2 Å². The van der Waals surface area contributed by atoms with Crippen molar-refractivity contribution in [3.63, 3.8) is 0 Å². The molecule has 2 aromatic rings. The largest absolute Gasteiger partial charge is 0.497 e. The van der Waals surface area contributed by atoms with E-state index in [-0.39, 0.29) is 5.97 Å². The zero-order chi connectivity index (χ0) is 19.2. The van der Waals surface area contributed by atoms with Crippen molar-refractivity contribution in [3.8, 4) is 5.75 Å². The van der Waals surface area contributed by atoms with Gasteiger partial charge in [-0.3, -0.25) is 14.7 Å². The van der Waals surface area contributed by atoms with Gasteiger partial charge in [0.1, 0.15) is 5.75 Å². The molecule has 0 aliphatic heterocycles. The number of nitrogens with zero attached hydrogens (tertiary/aromatic N) is 2. The maximum Gasteiger partial charge on any atom is 0.307 e. The second kappa shape index (κ2) is 9.18. The minimum absolute atomic E-state index is 0.125. The third kappa shape index (κ3) is 4.78. The number of rotatable bonds is 8. The zero-order valence-electron chi connectivity index (χ0n) is 16.6. The van der Waals surface area contributed by atoms with Crippen LogP contribution in [0.4, 0.5) is 0 Å². The van der Waals surface area contributed by atoms with E-state index < -0.39 is 6.23 Å². The van der Waals surface area contributed by atoms with Crippen LogP contribution in [-0.4, -0.2) is 36.6 Å². The second-order valence-corrected chi connectivity index (χ2v) is 7.39. The molecule has 1 heterocycles. The number of esters is 1. The van der Waals surface area contributed by atoms with Crippen LogP contribution >= 0.6 is 0 Å². The van der Waals surface area contributed by atoms with Gasteiger partial charge in [-0.25, -0.2) is 0 Å². The van der Waals surface area contributed by atoms with Crippen molar-refractivity contribution < 1.29 is 14.3 Å². The molecule has 5 heteroatoms. The summed E-state index contributed by atoms with van der Waals surface area (Å²) >= 11 is 0. The molecular formula is C22H30N2O3. The maximum atomic E-state index is 12.6. The summed E-state index contributed by atoms with van der Waals surface area (Å²) in [5, 5.41) is 0.950. The van der Waals surface area contributed by atoms with Crippen LogP contribution in [0.15, 0.2) is 30.5 Å². The quantitative estimate of drug-likeness (QED) is 0.498. The fraction of sp³-hybridized carbons (Fsp3) is 0.545. The van der Waals surface area contributed by atoms with Crippen LogP contribution in [0.3, 0.4) is 0 Å². The standard InChI is InChI=1S/C22H30N2O3/c1-4-24(2)22(27-21(25)12-9-16-7-5-6-8-16)18-13-14-23-20-11-10-17(26-3)15-19(18)20/h10-11,13-16,22H,4-9,12H2,1-3H3. The van der Waals surface area contributed by atoms with Gasteiger partial charge in [0.25, 0.3) is 0 Å². The molecule has 5 nitrogen and oxygen atoms in total. The summed E-state index contributed by atoms with van der Waals surface area (Å²) in [5.41, 5.74) is 1.81. The van der Waals surface area contributed by atoms with Gasteiger partial charge >= 0.3 is 5.97 Å². The van der Waals surface area contributed by atoms with Crippen molar-refractivity contribution >= 4 is 16.9 Å². The molecule has 27 heavy (non-hydrogen) atoms. The Balaban J connectivity index is 1.81. The average molecular weight is 370 g/mol. The molecule has 3 rings (SSSR count). The molecule has 0 saturated heterocycles. The van der Waals surface area contributed by atoms with Gasteiger partial charge in [0.05, 0.1) is 12.6 Å². The average Bonchev–Trinajstić information content (AvgIpc) is 3.23. The molecule has 1 aliphatic carbocycles. The van der Waals surface area contributed by atoms with Crippen LogP contribution in [0.2, 0.25) is 0 Å². The van der Waals surface area contributed by atoms with E-state index in [0.29, 0.717) is 12.3 Å². The molecule has 146 valence electrons. The van der Waals surface area contributed by atoms with E-state index in [1.165, 1.54) is 25.7 Å². The SMILES string of the molecule is CCN(C)C(OC(=O)CCC1CCCC1)c1ccnc2ccc(OC)cc12. The number of methoxy groups -OCH3 is 1. The van der Waals surface area contributed by atoms with Crippen molar-refractivity contribution in [1.82, 2.24) is 9.88 Å². The number of hydrogen-bond acceptors (Lipinski definition) is 5. The molecule has 0 spiro atoms. The number of pyridine rings is 1. The first-order valence-electron chi connectivity index (χ1n) is 9.94. The van der Waals surface area contributed by atoms with Crippen LogP contribution in [0.1, 0.15) is 57.2 Å². The van der Waals surface area contributed by atoms with Gasteiger partial charge in [0.2, 0.25) is 0 Å². The Morgan fingerprint density at radius 2 is 2.07 bits per heavy atom. The highest BCUT2D eigenvalue weighted by Gasteiger charge is 2.24. The molecule has 0 amide bonds. The van der Waals surface area contributed by atoms with E-state index in [1.54, 1.807) is 13.3 Å². The molecule has 1 unspecified atom stereocenters. The summed E-state index contributed by atoms with van der Waals surface area (Å²) in [6.07, 6.45) is 7.87. The Hall–Kier alpha value is -2.14. The van der Waals surface area contributed by atoms with Crippen molar-refractivity contribution in [2.45, 2.75) is 51.7 Å². The lowest BCUT2D eigenvalue weighted by atomic mass is 10.0. The lowest BCUT2D eigenvalue weighted by molar-refractivity contribution is -0.159. The summed E-state index contributed by atoms with van der Waals surface area (Å²) in [6.45, 7) is 2.83. The first kappa shape index (κ1) is 19.6. The number of carbonyl (C=O) groups is 1. The van der Waals surface area contributed by atoms with Crippen LogP contribution in [-0.2, 0) is 9.53 Å². The fourth-order valence-electron chi connectivity index (χ4n) is 3.85. The first-order valence-corrected chi connectivity index (χ1v) is 9.94. The smallest absolute Gasteiger partial charge is 0.307 e. The van der Waals surface area contributed by atoms with Crippen molar-refractivity contribution in [1.29, 1.82) is 0 Å². The van der Waals surface area contributed by atoms with Gasteiger partial charge in [0, 0.05) is 23.6 Å². The highest BCUT2D eigenvalue weighted by atomic mass is 16.6. The van der Waals surface area contributed by atoms with Crippen LogP contribution in [0.25, 0.3) is 10.9 Å². The second-order valence-electron chi connectivity index (χ2n) is 7.39. The van der Waals surface area contributed by atoms with Crippen molar-refractivity contribution in [2.75, 3.05) is 20.7 Å². The summed E-state index contributed by atoms with van der Waals surface area (Å²) < 4.78 is 11.3. The number of fused-ring (bicyclic) bond motifs is 1. The molecule has 0 N–H and O–H groups in total. The Bertz CT molecular complexity index is 771. The number of aromatic nitrogens is 1. The third-order valence-corrected chi connectivity index (χ3v) is 5.62. The molecule has 1 saturated carbocycles. The molecule has 0 bridgehead atoms. The third-order valence-electron chi connectivity index (χ3n) is 5.62. The van der Waals surface area contributed by atoms with Crippen LogP contribution in [0.5, 0.6) is 5.75 Å². The van der Waals surface area contributed by atoms with E-state index in [4.69, 9.17) is 9.47 Å². The maximum absolute atomic E-state index is 12.6. The van der Waals surface area contributed by atoms with E-state index >= 15 is 0 Å². The van der Waals surface area contributed by atoms with E-state index in [9.17, 15) is 4.79 Å². The van der Waals surface area contributed by atoms with Crippen LogP contribution in [0, 0.1) is 5.92 Å². The van der Waals surface area contributed by atoms with Gasteiger partial charge in [-0.05, 0) is 50.2 Å². The number of hydrogen-bond donors (Lipinski definition) is 0. The first-order chi connectivity index (χ1) is 13.1. The Morgan fingerprint density at radius 3 is 2.78 bits per heavy atom.